The second kappa shape index (κ2) is 7.12. The van der Waals surface area contributed by atoms with E-state index < -0.39 is 32.5 Å². The van der Waals surface area contributed by atoms with Gasteiger partial charge in [0.2, 0.25) is 10.0 Å². The molecule has 0 bridgehead atoms. The number of aromatic nitrogens is 2. The number of benzene rings is 2. The van der Waals surface area contributed by atoms with Crippen LogP contribution in [0.15, 0.2) is 66.1 Å². The lowest BCUT2D eigenvalue weighted by Crippen LogP contribution is -2.26. The maximum atomic E-state index is 14.2. The number of sulfonamides is 1. The number of halogens is 4. The van der Waals surface area contributed by atoms with Crippen molar-refractivity contribution in [1.29, 1.82) is 0 Å². The minimum Gasteiger partial charge on any atom is -0.303 e. The molecule has 0 saturated carbocycles. The Hall–Kier alpha value is -2.72. The van der Waals surface area contributed by atoms with Crippen LogP contribution in [-0.2, 0) is 22.7 Å². The van der Waals surface area contributed by atoms with E-state index in [1.807, 2.05) is 0 Å². The molecule has 0 radical (unpaired) electrons. The molecule has 0 aliphatic heterocycles. The van der Waals surface area contributed by atoms with Gasteiger partial charge in [-0.1, -0.05) is 18.2 Å². The largest absolute Gasteiger partial charge is 0.417 e. The molecule has 27 heavy (non-hydrogen) atoms. The molecule has 0 aliphatic carbocycles. The fourth-order valence-electron chi connectivity index (χ4n) is 2.46. The van der Waals surface area contributed by atoms with Crippen molar-refractivity contribution in [3.63, 3.8) is 0 Å². The molecule has 0 fully saturated rings. The zero-order valence-electron chi connectivity index (χ0n) is 13.6. The molecule has 3 rings (SSSR count). The Labute approximate surface area is 152 Å². The van der Waals surface area contributed by atoms with Gasteiger partial charge in [0.05, 0.1) is 22.5 Å². The van der Waals surface area contributed by atoms with E-state index in [9.17, 15) is 26.0 Å². The molecule has 0 amide bonds. The summed E-state index contributed by atoms with van der Waals surface area (Å²) in [6.45, 7) is -0.365. The normalized spacial score (nSPS) is 12.3. The van der Waals surface area contributed by atoms with Crippen molar-refractivity contribution >= 4 is 10.0 Å². The van der Waals surface area contributed by atoms with Gasteiger partial charge in [-0.2, -0.15) is 13.2 Å². The third-order valence-corrected chi connectivity index (χ3v) is 5.20. The van der Waals surface area contributed by atoms with E-state index in [1.165, 1.54) is 41.5 Å². The molecular weight excluding hydrogens is 386 g/mol. The van der Waals surface area contributed by atoms with Crippen LogP contribution < -0.4 is 4.72 Å². The van der Waals surface area contributed by atoms with Gasteiger partial charge >= 0.3 is 6.18 Å². The monoisotopic (exact) mass is 399 g/mol. The SMILES string of the molecule is O=S(=O)(NCc1ccc(-n2ccnc2)c(F)c1)c1ccccc1C(F)(F)F. The van der Waals surface area contributed by atoms with E-state index in [0.29, 0.717) is 6.07 Å². The summed E-state index contributed by atoms with van der Waals surface area (Å²) in [6, 6.07) is 7.85. The van der Waals surface area contributed by atoms with Crippen molar-refractivity contribution < 1.29 is 26.0 Å². The molecule has 0 atom stereocenters. The van der Waals surface area contributed by atoms with Crippen LogP contribution in [0, 0.1) is 5.82 Å². The highest BCUT2D eigenvalue weighted by Crippen LogP contribution is 2.33. The van der Waals surface area contributed by atoms with Crippen molar-refractivity contribution in [3.8, 4) is 5.69 Å². The fourth-order valence-corrected chi connectivity index (χ4v) is 3.71. The van der Waals surface area contributed by atoms with Gasteiger partial charge in [-0.15, -0.1) is 0 Å². The topological polar surface area (TPSA) is 64.0 Å². The van der Waals surface area contributed by atoms with Gasteiger partial charge < -0.3 is 4.57 Å². The zero-order chi connectivity index (χ0) is 19.7. The van der Waals surface area contributed by atoms with Crippen molar-refractivity contribution in [2.45, 2.75) is 17.6 Å². The fraction of sp³-hybridized carbons (Fsp3) is 0.118. The number of hydrogen-bond donors (Lipinski definition) is 1. The van der Waals surface area contributed by atoms with Crippen LogP contribution in [0.3, 0.4) is 0 Å². The number of hydrogen-bond acceptors (Lipinski definition) is 3. The molecule has 10 heteroatoms. The summed E-state index contributed by atoms with van der Waals surface area (Å²) in [6.07, 6.45) is -0.410. The summed E-state index contributed by atoms with van der Waals surface area (Å²) in [7, 11) is -4.45. The summed E-state index contributed by atoms with van der Waals surface area (Å²) < 4.78 is 81.4. The Balaban J connectivity index is 1.82. The van der Waals surface area contributed by atoms with Crippen LogP contribution in [-0.4, -0.2) is 18.0 Å². The Kier molecular flexibility index (Phi) is 5.03. The van der Waals surface area contributed by atoms with Crippen LogP contribution in [0.25, 0.3) is 5.69 Å². The smallest absolute Gasteiger partial charge is 0.303 e. The third-order valence-electron chi connectivity index (χ3n) is 3.74. The van der Waals surface area contributed by atoms with Gasteiger partial charge in [0.25, 0.3) is 0 Å². The molecule has 1 aromatic heterocycles. The maximum absolute atomic E-state index is 14.2. The standard InChI is InChI=1S/C17H13F4N3O2S/c18-14-9-12(5-6-15(14)24-8-7-22-11-24)10-23-27(25,26)16-4-2-1-3-13(16)17(19,20)21/h1-9,11,23H,10H2. The van der Waals surface area contributed by atoms with Crippen LogP contribution in [0.2, 0.25) is 0 Å². The van der Waals surface area contributed by atoms with Gasteiger partial charge in [0.1, 0.15) is 5.82 Å². The van der Waals surface area contributed by atoms with E-state index in [1.54, 1.807) is 0 Å². The lowest BCUT2D eigenvalue weighted by molar-refractivity contribution is -0.139. The van der Waals surface area contributed by atoms with Gasteiger partial charge in [-0.05, 0) is 29.8 Å². The molecule has 3 aromatic rings. The molecule has 0 aliphatic rings. The average Bonchev–Trinajstić information content (AvgIpc) is 3.14. The first-order chi connectivity index (χ1) is 12.7. The molecule has 0 saturated heterocycles. The Morgan fingerprint density at radius 1 is 1.11 bits per heavy atom. The molecule has 0 unspecified atom stereocenters. The van der Waals surface area contributed by atoms with Gasteiger partial charge in [0, 0.05) is 18.9 Å². The first kappa shape index (κ1) is 19.1. The van der Waals surface area contributed by atoms with Gasteiger partial charge in [-0.25, -0.2) is 22.5 Å². The predicted octanol–water partition coefficient (Wildman–Crippen LogP) is 3.51. The third kappa shape index (κ3) is 4.17. The van der Waals surface area contributed by atoms with Crippen molar-refractivity contribution in [2.24, 2.45) is 0 Å². The van der Waals surface area contributed by atoms with Gasteiger partial charge in [-0.3, -0.25) is 0 Å². The van der Waals surface area contributed by atoms with Crippen molar-refractivity contribution in [3.05, 3.63) is 78.1 Å². The molecule has 1 N–H and O–H groups in total. The summed E-state index contributed by atoms with van der Waals surface area (Å²) in [5, 5.41) is 0. The summed E-state index contributed by atoms with van der Waals surface area (Å²) in [5.41, 5.74) is -0.801. The Bertz CT molecular complexity index is 1050. The molecule has 1 heterocycles. The van der Waals surface area contributed by atoms with E-state index in [4.69, 9.17) is 0 Å². The first-order valence-corrected chi connectivity index (χ1v) is 9.09. The average molecular weight is 399 g/mol. The molecule has 142 valence electrons. The molecular formula is C17H13F4N3O2S. The molecule has 2 aromatic carbocycles. The van der Waals surface area contributed by atoms with Crippen LogP contribution in [0.1, 0.15) is 11.1 Å². The van der Waals surface area contributed by atoms with Crippen LogP contribution in [0.4, 0.5) is 17.6 Å². The van der Waals surface area contributed by atoms with E-state index in [0.717, 1.165) is 18.2 Å². The highest BCUT2D eigenvalue weighted by Gasteiger charge is 2.36. The Morgan fingerprint density at radius 3 is 2.48 bits per heavy atom. The summed E-state index contributed by atoms with van der Waals surface area (Å²) in [4.78, 5) is 2.92. The van der Waals surface area contributed by atoms with Gasteiger partial charge in [0.15, 0.2) is 0 Å². The zero-order valence-corrected chi connectivity index (χ0v) is 14.4. The number of nitrogens with zero attached hydrogens (tertiary/aromatic N) is 2. The highest BCUT2D eigenvalue weighted by molar-refractivity contribution is 7.89. The predicted molar refractivity (Wildman–Crippen MR) is 89.0 cm³/mol. The molecule has 5 nitrogen and oxygen atoms in total. The second-order valence-electron chi connectivity index (χ2n) is 5.57. The maximum Gasteiger partial charge on any atom is 0.417 e. The number of imidazole rings is 1. The Morgan fingerprint density at radius 2 is 1.85 bits per heavy atom. The van der Waals surface area contributed by atoms with Crippen molar-refractivity contribution in [1.82, 2.24) is 14.3 Å². The molecule has 0 spiro atoms. The lowest BCUT2D eigenvalue weighted by Gasteiger charge is -2.14. The van der Waals surface area contributed by atoms with E-state index >= 15 is 0 Å². The number of rotatable bonds is 5. The lowest BCUT2D eigenvalue weighted by atomic mass is 10.2. The number of alkyl halides is 3. The summed E-state index contributed by atoms with van der Waals surface area (Å²) >= 11 is 0. The summed E-state index contributed by atoms with van der Waals surface area (Å²) in [5.74, 6) is -0.625. The first-order valence-electron chi connectivity index (χ1n) is 7.61. The minimum absolute atomic E-state index is 0.210. The van der Waals surface area contributed by atoms with Crippen LogP contribution >= 0.6 is 0 Å². The minimum atomic E-state index is -4.82. The highest BCUT2D eigenvalue weighted by atomic mass is 32.2. The number of nitrogens with one attached hydrogen (secondary N) is 1. The van der Waals surface area contributed by atoms with E-state index in [-0.39, 0.29) is 17.8 Å². The second-order valence-corrected chi connectivity index (χ2v) is 7.31. The quantitative estimate of drug-likeness (QED) is 0.668. The van der Waals surface area contributed by atoms with Crippen LogP contribution in [0.5, 0.6) is 0 Å². The van der Waals surface area contributed by atoms with Crippen molar-refractivity contribution in [2.75, 3.05) is 0 Å². The van der Waals surface area contributed by atoms with E-state index in [2.05, 4.69) is 9.71 Å².